The highest BCUT2D eigenvalue weighted by Gasteiger charge is 2.42. The monoisotopic (exact) mass is 261 g/mol. The lowest BCUT2D eigenvalue weighted by atomic mass is 9.86. The summed E-state index contributed by atoms with van der Waals surface area (Å²) in [6.45, 7) is 6.42. The molecule has 104 valence electrons. The Balaban J connectivity index is 2.35. The van der Waals surface area contributed by atoms with Gasteiger partial charge in [-0.05, 0) is 42.7 Å². The van der Waals surface area contributed by atoms with Crippen LogP contribution in [0, 0.1) is 0 Å². The topological polar surface area (TPSA) is 52.3 Å². The molecule has 1 aliphatic rings. The van der Waals surface area contributed by atoms with E-state index in [-0.39, 0.29) is 11.3 Å². The maximum atomic E-state index is 11.8. The fraction of sp³-hybridized carbons (Fsp3) is 0.562. The van der Waals surface area contributed by atoms with Crippen molar-refractivity contribution in [3.05, 3.63) is 29.8 Å². The van der Waals surface area contributed by atoms with Crippen molar-refractivity contribution >= 4 is 5.91 Å². The number of hydrogen-bond acceptors (Lipinski definition) is 2. The quantitative estimate of drug-likeness (QED) is 0.908. The molecule has 1 saturated carbocycles. The van der Waals surface area contributed by atoms with Gasteiger partial charge in [-0.3, -0.25) is 4.79 Å². The van der Waals surface area contributed by atoms with Crippen LogP contribution in [0.2, 0.25) is 0 Å². The predicted molar refractivity (Wildman–Crippen MR) is 76.2 cm³/mol. The molecule has 1 fully saturated rings. The van der Waals surface area contributed by atoms with E-state index in [1.54, 1.807) is 0 Å². The zero-order valence-electron chi connectivity index (χ0n) is 12.0. The molecule has 2 N–H and O–H groups in total. The summed E-state index contributed by atoms with van der Waals surface area (Å²) in [7, 11) is 0. The third kappa shape index (κ3) is 2.75. The molecule has 0 aliphatic heterocycles. The van der Waals surface area contributed by atoms with Gasteiger partial charge in [-0.1, -0.05) is 39.0 Å². The van der Waals surface area contributed by atoms with Crippen molar-refractivity contribution in [1.29, 1.82) is 0 Å². The summed E-state index contributed by atoms with van der Waals surface area (Å²) in [5, 5.41) is 0. The minimum absolute atomic E-state index is 0.0198. The van der Waals surface area contributed by atoms with Crippen LogP contribution in [-0.2, 0) is 10.2 Å². The molecule has 19 heavy (non-hydrogen) atoms. The van der Waals surface area contributed by atoms with Crippen LogP contribution in [0.25, 0.3) is 0 Å². The van der Waals surface area contributed by atoms with Gasteiger partial charge in [-0.2, -0.15) is 0 Å². The molecule has 3 heteroatoms. The van der Waals surface area contributed by atoms with Crippen molar-refractivity contribution in [1.82, 2.24) is 0 Å². The molecule has 0 heterocycles. The second-order valence-corrected chi connectivity index (χ2v) is 6.41. The summed E-state index contributed by atoms with van der Waals surface area (Å²) in [5.74, 6) is 0.449. The van der Waals surface area contributed by atoms with E-state index < -0.39 is 5.60 Å². The van der Waals surface area contributed by atoms with Crippen LogP contribution in [-0.4, -0.2) is 11.5 Å². The second kappa shape index (κ2) is 4.87. The molecule has 1 aliphatic carbocycles. The molecule has 1 amide bonds. The number of benzene rings is 1. The molecule has 3 nitrogen and oxygen atoms in total. The number of carbonyl (C=O) groups is 1. The Morgan fingerprint density at radius 3 is 2.32 bits per heavy atom. The first kappa shape index (κ1) is 13.9. The Bertz CT molecular complexity index is 468. The minimum atomic E-state index is -0.804. The highest BCUT2D eigenvalue weighted by Crippen LogP contribution is 2.38. The average Bonchev–Trinajstić information content (AvgIpc) is 2.78. The first-order valence-electron chi connectivity index (χ1n) is 6.94. The normalized spacial score (nSPS) is 18.3. The highest BCUT2D eigenvalue weighted by molar-refractivity contribution is 5.84. The van der Waals surface area contributed by atoms with Crippen LogP contribution in [0.15, 0.2) is 24.3 Å². The third-order valence-electron chi connectivity index (χ3n) is 3.86. The molecule has 1 aromatic carbocycles. The van der Waals surface area contributed by atoms with Crippen LogP contribution in [0.5, 0.6) is 5.75 Å². The molecule has 0 bridgehead atoms. The average molecular weight is 261 g/mol. The van der Waals surface area contributed by atoms with Gasteiger partial charge in [-0.15, -0.1) is 0 Å². The summed E-state index contributed by atoms with van der Waals surface area (Å²) in [6, 6.07) is 7.93. The second-order valence-electron chi connectivity index (χ2n) is 6.41. The lowest BCUT2D eigenvalue weighted by molar-refractivity contribution is -0.133. The fourth-order valence-corrected chi connectivity index (χ4v) is 2.73. The van der Waals surface area contributed by atoms with Crippen LogP contribution in [0.1, 0.15) is 52.0 Å². The van der Waals surface area contributed by atoms with Gasteiger partial charge in [0.2, 0.25) is 0 Å². The Labute approximate surface area is 115 Å². The Morgan fingerprint density at radius 2 is 1.79 bits per heavy atom. The maximum absolute atomic E-state index is 11.8. The third-order valence-corrected chi connectivity index (χ3v) is 3.86. The van der Waals surface area contributed by atoms with Crippen molar-refractivity contribution in [2.24, 2.45) is 5.73 Å². The standard InChI is InChI=1S/C16H23NO2/c1-15(2,3)12-8-4-5-9-13(12)19-16(14(17)18)10-6-7-11-16/h4-5,8-9H,6-7,10-11H2,1-3H3,(H2,17,18). The number of nitrogens with two attached hydrogens (primary N) is 1. The summed E-state index contributed by atoms with van der Waals surface area (Å²) >= 11 is 0. The minimum Gasteiger partial charge on any atom is -0.477 e. The molecule has 0 unspecified atom stereocenters. The van der Waals surface area contributed by atoms with Crippen molar-refractivity contribution in [3.8, 4) is 5.75 Å². The number of para-hydroxylation sites is 1. The van der Waals surface area contributed by atoms with Gasteiger partial charge in [0.05, 0.1) is 0 Å². The van der Waals surface area contributed by atoms with E-state index in [2.05, 4.69) is 26.8 Å². The van der Waals surface area contributed by atoms with Crippen molar-refractivity contribution < 1.29 is 9.53 Å². The van der Waals surface area contributed by atoms with Crippen LogP contribution < -0.4 is 10.5 Å². The van der Waals surface area contributed by atoms with Crippen LogP contribution in [0.4, 0.5) is 0 Å². The number of rotatable bonds is 3. The van der Waals surface area contributed by atoms with Gasteiger partial charge < -0.3 is 10.5 Å². The van der Waals surface area contributed by atoms with Gasteiger partial charge >= 0.3 is 0 Å². The number of amides is 1. The van der Waals surface area contributed by atoms with E-state index >= 15 is 0 Å². The van der Waals surface area contributed by atoms with E-state index in [4.69, 9.17) is 10.5 Å². The van der Waals surface area contributed by atoms with Crippen molar-refractivity contribution in [2.75, 3.05) is 0 Å². The van der Waals surface area contributed by atoms with Crippen molar-refractivity contribution in [2.45, 2.75) is 57.5 Å². The smallest absolute Gasteiger partial charge is 0.261 e. The van der Waals surface area contributed by atoms with E-state index in [0.717, 1.165) is 37.0 Å². The first-order chi connectivity index (χ1) is 8.85. The summed E-state index contributed by atoms with van der Waals surface area (Å²) in [5.41, 5.74) is 5.87. The molecule has 0 aromatic heterocycles. The molecule has 0 atom stereocenters. The summed E-state index contributed by atoms with van der Waals surface area (Å²) in [4.78, 5) is 11.8. The number of primary amides is 1. The summed E-state index contributed by atoms with van der Waals surface area (Å²) < 4.78 is 6.11. The highest BCUT2D eigenvalue weighted by atomic mass is 16.5. The Kier molecular flexibility index (Phi) is 3.57. The first-order valence-corrected chi connectivity index (χ1v) is 6.94. The van der Waals surface area contributed by atoms with Crippen molar-refractivity contribution in [3.63, 3.8) is 0 Å². The van der Waals surface area contributed by atoms with Gasteiger partial charge in [0.15, 0.2) is 5.60 Å². The van der Waals surface area contributed by atoms with Gasteiger partial charge in [0.1, 0.15) is 5.75 Å². The van der Waals surface area contributed by atoms with Gasteiger partial charge in [0.25, 0.3) is 5.91 Å². The molecule has 0 radical (unpaired) electrons. The maximum Gasteiger partial charge on any atom is 0.261 e. The SMILES string of the molecule is CC(C)(C)c1ccccc1OC1(C(N)=O)CCCC1. The lowest BCUT2D eigenvalue weighted by Crippen LogP contribution is -2.46. The number of hydrogen-bond donors (Lipinski definition) is 1. The van der Waals surface area contributed by atoms with Gasteiger partial charge in [0, 0.05) is 0 Å². The number of ether oxygens (including phenoxy) is 1. The van der Waals surface area contributed by atoms with Crippen LogP contribution in [0.3, 0.4) is 0 Å². The predicted octanol–water partition coefficient (Wildman–Crippen LogP) is 3.16. The molecule has 1 aromatic rings. The van der Waals surface area contributed by atoms with Crippen LogP contribution >= 0.6 is 0 Å². The van der Waals surface area contributed by atoms with E-state index in [9.17, 15) is 4.79 Å². The molecular formula is C16H23NO2. The van der Waals surface area contributed by atoms with E-state index in [1.165, 1.54) is 0 Å². The van der Waals surface area contributed by atoms with E-state index in [0.29, 0.717) is 0 Å². The lowest BCUT2D eigenvalue weighted by Gasteiger charge is -2.30. The fourth-order valence-electron chi connectivity index (χ4n) is 2.73. The summed E-state index contributed by atoms with van der Waals surface area (Å²) in [6.07, 6.45) is 3.45. The number of carbonyl (C=O) groups excluding carboxylic acids is 1. The molecule has 0 spiro atoms. The van der Waals surface area contributed by atoms with E-state index in [1.807, 2.05) is 18.2 Å². The zero-order valence-corrected chi connectivity index (χ0v) is 12.0. The molecular weight excluding hydrogens is 238 g/mol. The van der Waals surface area contributed by atoms with Gasteiger partial charge in [-0.25, -0.2) is 0 Å². The molecule has 2 rings (SSSR count). The largest absolute Gasteiger partial charge is 0.477 e. The Hall–Kier alpha value is -1.51. The zero-order chi connectivity index (χ0) is 14.1. The molecule has 0 saturated heterocycles. The Morgan fingerprint density at radius 1 is 1.21 bits per heavy atom.